The lowest BCUT2D eigenvalue weighted by atomic mass is 9.75. The largest absolute Gasteiger partial charge is 0.481 e. The van der Waals surface area contributed by atoms with Crippen molar-refractivity contribution >= 4 is 11.9 Å². The van der Waals surface area contributed by atoms with Gasteiger partial charge in [0.1, 0.15) is 0 Å². The second-order valence-corrected chi connectivity index (χ2v) is 4.55. The molecular formula is C15H21NO3. The molecule has 19 heavy (non-hydrogen) atoms. The molecule has 1 aromatic carbocycles. The molecule has 0 fully saturated rings. The summed E-state index contributed by atoms with van der Waals surface area (Å²) in [5.41, 5.74) is 0.410. The minimum atomic E-state index is -0.904. The molecule has 1 amide bonds. The Morgan fingerprint density at radius 3 is 2.21 bits per heavy atom. The number of carbonyl (C=O) groups is 2. The van der Waals surface area contributed by atoms with E-state index >= 15 is 0 Å². The van der Waals surface area contributed by atoms with Crippen LogP contribution in [0.15, 0.2) is 30.3 Å². The van der Waals surface area contributed by atoms with Crippen LogP contribution in [-0.2, 0) is 15.0 Å². The molecule has 1 aromatic rings. The topological polar surface area (TPSA) is 66.4 Å². The Morgan fingerprint density at radius 1 is 1.16 bits per heavy atom. The summed E-state index contributed by atoms with van der Waals surface area (Å²) in [7, 11) is 0. The molecule has 0 heterocycles. The number of carboxylic acids is 1. The molecule has 0 aliphatic rings. The van der Waals surface area contributed by atoms with Gasteiger partial charge in [-0.05, 0) is 18.4 Å². The molecule has 4 nitrogen and oxygen atoms in total. The quantitative estimate of drug-likeness (QED) is 0.793. The Hall–Kier alpha value is -1.84. The van der Waals surface area contributed by atoms with Gasteiger partial charge in [0.25, 0.3) is 0 Å². The van der Waals surface area contributed by atoms with Crippen molar-refractivity contribution in [1.82, 2.24) is 5.32 Å². The summed E-state index contributed by atoms with van der Waals surface area (Å²) in [6.45, 7) is 4.13. The maximum absolute atomic E-state index is 12.4. The molecule has 0 bridgehead atoms. The molecule has 0 aliphatic carbocycles. The molecular weight excluding hydrogens is 242 g/mol. The average molecular weight is 263 g/mol. The lowest BCUT2D eigenvalue weighted by Gasteiger charge is -2.30. The van der Waals surface area contributed by atoms with Gasteiger partial charge in [0.2, 0.25) is 5.91 Å². The Morgan fingerprint density at radius 2 is 1.74 bits per heavy atom. The highest BCUT2D eigenvalue weighted by Crippen LogP contribution is 2.31. The Bertz CT molecular complexity index is 424. The van der Waals surface area contributed by atoms with E-state index in [1.165, 1.54) is 0 Å². The van der Waals surface area contributed by atoms with Gasteiger partial charge in [-0.3, -0.25) is 9.59 Å². The molecule has 2 N–H and O–H groups in total. The van der Waals surface area contributed by atoms with E-state index in [9.17, 15) is 9.59 Å². The lowest BCUT2D eigenvalue weighted by Crippen LogP contribution is -2.44. The first-order valence-electron chi connectivity index (χ1n) is 6.62. The first-order valence-corrected chi connectivity index (χ1v) is 6.62. The number of amides is 1. The molecule has 0 aliphatic heterocycles. The van der Waals surface area contributed by atoms with Crippen molar-refractivity contribution in [3.05, 3.63) is 35.9 Å². The van der Waals surface area contributed by atoms with E-state index in [0.29, 0.717) is 12.8 Å². The lowest BCUT2D eigenvalue weighted by molar-refractivity contribution is -0.137. The zero-order valence-electron chi connectivity index (χ0n) is 11.5. The van der Waals surface area contributed by atoms with Crippen molar-refractivity contribution in [2.75, 3.05) is 6.54 Å². The van der Waals surface area contributed by atoms with Gasteiger partial charge in [-0.15, -0.1) is 0 Å². The second-order valence-electron chi connectivity index (χ2n) is 4.55. The summed E-state index contributed by atoms with van der Waals surface area (Å²) in [6.07, 6.45) is 1.32. The summed E-state index contributed by atoms with van der Waals surface area (Å²) in [4.78, 5) is 22.9. The van der Waals surface area contributed by atoms with Crippen LogP contribution in [0.25, 0.3) is 0 Å². The van der Waals surface area contributed by atoms with Crippen molar-refractivity contribution in [2.24, 2.45) is 0 Å². The Kier molecular flexibility index (Phi) is 5.55. The third-order valence-electron chi connectivity index (χ3n) is 3.59. The number of carboxylic acid groups (broad SMARTS) is 1. The van der Waals surface area contributed by atoms with Gasteiger partial charge in [0, 0.05) is 6.54 Å². The predicted molar refractivity (Wildman–Crippen MR) is 74.0 cm³/mol. The van der Waals surface area contributed by atoms with Gasteiger partial charge in [-0.2, -0.15) is 0 Å². The Labute approximate surface area is 113 Å². The van der Waals surface area contributed by atoms with Crippen LogP contribution in [0.3, 0.4) is 0 Å². The van der Waals surface area contributed by atoms with Crippen LogP contribution >= 0.6 is 0 Å². The zero-order valence-corrected chi connectivity index (χ0v) is 11.5. The molecule has 1 rings (SSSR count). The maximum atomic E-state index is 12.4. The molecule has 0 aromatic heterocycles. The van der Waals surface area contributed by atoms with Crippen LogP contribution in [-0.4, -0.2) is 23.5 Å². The highest BCUT2D eigenvalue weighted by molar-refractivity contribution is 5.88. The normalized spacial score (nSPS) is 11.1. The predicted octanol–water partition coefficient (Wildman–Crippen LogP) is 2.34. The molecule has 0 saturated heterocycles. The molecule has 0 atom stereocenters. The fraction of sp³-hybridized carbons (Fsp3) is 0.467. The Balaban J connectivity index is 2.87. The zero-order chi connectivity index (χ0) is 14.3. The van der Waals surface area contributed by atoms with Gasteiger partial charge in [-0.1, -0.05) is 44.2 Å². The van der Waals surface area contributed by atoms with Crippen molar-refractivity contribution in [2.45, 2.75) is 38.5 Å². The molecule has 0 unspecified atom stereocenters. The van der Waals surface area contributed by atoms with Gasteiger partial charge in [0.15, 0.2) is 0 Å². The van der Waals surface area contributed by atoms with Crippen molar-refractivity contribution in [1.29, 1.82) is 0 Å². The number of rotatable bonds is 7. The summed E-state index contributed by atoms with van der Waals surface area (Å²) < 4.78 is 0. The fourth-order valence-electron chi connectivity index (χ4n) is 2.32. The van der Waals surface area contributed by atoms with Crippen LogP contribution < -0.4 is 5.32 Å². The van der Waals surface area contributed by atoms with Crippen LogP contribution in [0.1, 0.15) is 38.7 Å². The molecule has 0 spiro atoms. The molecule has 0 saturated carbocycles. The van der Waals surface area contributed by atoms with E-state index in [0.717, 1.165) is 5.56 Å². The first kappa shape index (κ1) is 15.2. The summed E-state index contributed by atoms with van der Waals surface area (Å²) in [6, 6.07) is 9.65. The molecule has 0 radical (unpaired) electrons. The molecule has 4 heteroatoms. The van der Waals surface area contributed by atoms with Gasteiger partial charge >= 0.3 is 5.97 Å². The van der Waals surface area contributed by atoms with Gasteiger partial charge in [-0.25, -0.2) is 0 Å². The first-order chi connectivity index (χ1) is 9.06. The van der Waals surface area contributed by atoms with E-state index in [-0.39, 0.29) is 18.9 Å². The third kappa shape index (κ3) is 3.56. The van der Waals surface area contributed by atoms with Crippen molar-refractivity contribution in [3.63, 3.8) is 0 Å². The van der Waals surface area contributed by atoms with E-state index in [2.05, 4.69) is 5.32 Å². The average Bonchev–Trinajstić information content (AvgIpc) is 2.41. The SMILES string of the molecule is CCC(CC)(C(=O)NCCC(=O)O)c1ccccc1. The van der Waals surface area contributed by atoms with Crippen LogP contribution in [0.2, 0.25) is 0 Å². The van der Waals surface area contributed by atoms with Crippen LogP contribution in [0.5, 0.6) is 0 Å². The highest BCUT2D eigenvalue weighted by Gasteiger charge is 2.36. The van der Waals surface area contributed by atoms with E-state index in [1.807, 2.05) is 44.2 Å². The standard InChI is InChI=1S/C15H21NO3/c1-3-15(4-2,12-8-6-5-7-9-12)14(19)16-11-10-13(17)18/h5-9H,3-4,10-11H2,1-2H3,(H,16,19)(H,17,18). The fourth-order valence-corrected chi connectivity index (χ4v) is 2.32. The monoisotopic (exact) mass is 263 g/mol. The van der Waals surface area contributed by atoms with Crippen LogP contribution in [0, 0.1) is 0 Å². The number of hydrogen-bond donors (Lipinski definition) is 2. The number of carbonyl (C=O) groups excluding carboxylic acids is 1. The minimum Gasteiger partial charge on any atom is -0.481 e. The van der Waals surface area contributed by atoms with Gasteiger partial charge in [0.05, 0.1) is 11.8 Å². The molecule has 104 valence electrons. The van der Waals surface area contributed by atoms with E-state index < -0.39 is 11.4 Å². The highest BCUT2D eigenvalue weighted by atomic mass is 16.4. The smallest absolute Gasteiger partial charge is 0.305 e. The summed E-state index contributed by atoms with van der Waals surface area (Å²) in [5, 5.41) is 11.3. The minimum absolute atomic E-state index is 0.0515. The third-order valence-corrected chi connectivity index (χ3v) is 3.59. The number of benzene rings is 1. The van der Waals surface area contributed by atoms with Crippen molar-refractivity contribution < 1.29 is 14.7 Å². The van der Waals surface area contributed by atoms with Gasteiger partial charge < -0.3 is 10.4 Å². The van der Waals surface area contributed by atoms with E-state index in [1.54, 1.807) is 0 Å². The maximum Gasteiger partial charge on any atom is 0.305 e. The number of aliphatic carboxylic acids is 1. The summed E-state index contributed by atoms with van der Waals surface area (Å²) >= 11 is 0. The van der Waals surface area contributed by atoms with E-state index in [4.69, 9.17) is 5.11 Å². The summed E-state index contributed by atoms with van der Waals surface area (Å²) in [5.74, 6) is -0.997. The van der Waals surface area contributed by atoms with Crippen LogP contribution in [0.4, 0.5) is 0 Å². The van der Waals surface area contributed by atoms with Crippen molar-refractivity contribution in [3.8, 4) is 0 Å². The number of nitrogens with one attached hydrogen (secondary N) is 1. The number of hydrogen-bond acceptors (Lipinski definition) is 2. The second kappa shape index (κ2) is 6.92.